The molecule has 1 N–H and O–H groups in total. The average molecular weight is 733 g/mol. The van der Waals surface area contributed by atoms with E-state index in [1.807, 2.05) is 22.7 Å². The van der Waals surface area contributed by atoms with Crippen LogP contribution < -0.4 is 15.8 Å². The molecule has 3 aromatic heterocycles. The van der Waals surface area contributed by atoms with Crippen molar-refractivity contribution in [1.29, 1.82) is 0 Å². The first-order valence-corrected chi connectivity index (χ1v) is 20.5. The van der Waals surface area contributed by atoms with E-state index in [1.165, 1.54) is 123 Å². The zero-order valence-corrected chi connectivity index (χ0v) is 31.2. The smallest absolute Gasteiger partial charge is 0.198 e. The first-order chi connectivity index (χ1) is 27.2. The number of nitrogens with one attached hydrogen (secondary N) is 1. The monoisotopic (exact) mass is 732 g/mol. The first-order valence-electron chi connectivity index (χ1n) is 18.9. The van der Waals surface area contributed by atoms with Gasteiger partial charge < -0.3 is 9.88 Å². The Morgan fingerprint density at radius 1 is 0.436 bits per heavy atom. The maximum absolute atomic E-state index is 3.93. The molecule has 1 aliphatic rings. The van der Waals surface area contributed by atoms with E-state index in [-0.39, 0.29) is 0 Å². The number of hydrogen-bond donors (Lipinski definition) is 1. The highest BCUT2D eigenvalue weighted by Crippen LogP contribution is 2.46. The minimum Gasteiger partial charge on any atom is -0.354 e. The van der Waals surface area contributed by atoms with E-state index in [1.54, 1.807) is 0 Å². The van der Waals surface area contributed by atoms with Crippen molar-refractivity contribution in [2.45, 2.75) is 0 Å². The topological polar surface area (TPSA) is 19.0 Å². The van der Waals surface area contributed by atoms with Gasteiger partial charge in [-0.25, -0.2) is 0 Å². The minimum atomic E-state index is 0.843. The van der Waals surface area contributed by atoms with Gasteiger partial charge in [0.25, 0.3) is 0 Å². The van der Waals surface area contributed by atoms with Gasteiger partial charge in [-0.05, 0) is 93.2 Å². The summed E-state index contributed by atoms with van der Waals surface area (Å²) in [6.45, 7) is 0. The summed E-state index contributed by atoms with van der Waals surface area (Å²) in [5.41, 5.74) is 11.3. The number of H-pyrrole nitrogens is 1. The van der Waals surface area contributed by atoms with Gasteiger partial charge in [0.1, 0.15) is 0 Å². The summed E-state index contributed by atoms with van der Waals surface area (Å²) >= 11 is 3.78. The van der Waals surface area contributed by atoms with E-state index in [0.717, 1.165) is 7.28 Å². The van der Waals surface area contributed by atoms with E-state index in [2.05, 4.69) is 174 Å². The Labute approximate surface area is 324 Å². The van der Waals surface area contributed by atoms with E-state index in [4.69, 9.17) is 0 Å². The second kappa shape index (κ2) is 11.1. The molecule has 0 amide bonds. The lowest BCUT2D eigenvalue weighted by Crippen LogP contribution is -2.41. The highest BCUT2D eigenvalue weighted by molar-refractivity contribution is 7.26. The van der Waals surface area contributed by atoms with Crippen molar-refractivity contribution in [3.63, 3.8) is 0 Å². The Balaban J connectivity index is 1.14. The fourth-order valence-corrected chi connectivity index (χ4v) is 11.7. The predicted molar refractivity (Wildman–Crippen MR) is 243 cm³/mol. The molecule has 0 saturated heterocycles. The SMILES string of the molecule is B1c2cc3sc4ccccc4c3cc2N(c2ccc3sc4ccccc4c3c2)c2cc3ccccc3c(-c3cccc4c3[nH]c3cc5ccccc5cc34)c21. The number of aromatic amines is 1. The molecular formula is C50H29BN2S2. The number of anilines is 3. The molecule has 55 heavy (non-hydrogen) atoms. The number of aromatic nitrogens is 1. The van der Waals surface area contributed by atoms with Crippen LogP contribution in [-0.2, 0) is 0 Å². The van der Waals surface area contributed by atoms with Crippen molar-refractivity contribution < 1.29 is 0 Å². The van der Waals surface area contributed by atoms with Crippen molar-refractivity contribution in [2.75, 3.05) is 4.90 Å². The molecule has 4 heterocycles. The number of benzene rings is 9. The van der Waals surface area contributed by atoms with Gasteiger partial charge in [-0.3, -0.25) is 0 Å². The van der Waals surface area contributed by atoms with Gasteiger partial charge in [-0.1, -0.05) is 109 Å². The summed E-state index contributed by atoms with van der Waals surface area (Å²) in [7, 11) is 0.843. The maximum atomic E-state index is 3.93. The van der Waals surface area contributed by atoms with E-state index >= 15 is 0 Å². The quantitative estimate of drug-likeness (QED) is 0.175. The van der Waals surface area contributed by atoms with Crippen LogP contribution in [0.25, 0.3) is 94.8 Å². The van der Waals surface area contributed by atoms with Gasteiger partial charge in [-0.15, -0.1) is 22.7 Å². The minimum absolute atomic E-state index is 0.843. The number of thiophene rings is 2. The molecule has 12 aromatic rings. The molecule has 0 unspecified atom stereocenters. The maximum Gasteiger partial charge on any atom is 0.198 e. The highest BCUT2D eigenvalue weighted by atomic mass is 32.1. The molecule has 254 valence electrons. The van der Waals surface area contributed by atoms with E-state index in [0.29, 0.717) is 0 Å². The summed E-state index contributed by atoms with van der Waals surface area (Å²) in [5, 5.41) is 12.8. The second-order valence-electron chi connectivity index (χ2n) is 14.9. The zero-order chi connectivity index (χ0) is 35.8. The molecule has 0 aliphatic carbocycles. The molecule has 1 aliphatic heterocycles. The number of rotatable bonds is 2. The standard InChI is InChI=1S/C50H29BN2S2/c1-2-11-29-23-41-37(22-28(29)10-1)35-16-9-17-36(50(35)52-41)48-32-13-4-3-12-30(32)24-43-49(48)51-40-27-47-39(34-15-6-8-19-45(34)55-47)26-42(40)53(43)31-20-21-46-38(25-31)33-14-5-7-18-44(33)54-46/h1-27,51-52H. The number of hydrogen-bond acceptors (Lipinski definition) is 3. The fraction of sp³-hybridized carbons (Fsp3) is 0. The molecule has 9 aromatic carbocycles. The lowest BCUT2D eigenvalue weighted by Gasteiger charge is -2.35. The largest absolute Gasteiger partial charge is 0.354 e. The van der Waals surface area contributed by atoms with Crippen LogP contribution in [0.15, 0.2) is 164 Å². The summed E-state index contributed by atoms with van der Waals surface area (Å²) in [5.74, 6) is 0. The van der Waals surface area contributed by atoms with Crippen LogP contribution >= 0.6 is 22.7 Å². The zero-order valence-electron chi connectivity index (χ0n) is 29.6. The summed E-state index contributed by atoms with van der Waals surface area (Å²) < 4.78 is 5.32. The van der Waals surface area contributed by atoms with Gasteiger partial charge in [0.05, 0.1) is 5.52 Å². The number of nitrogens with zero attached hydrogens (tertiary/aromatic N) is 1. The van der Waals surface area contributed by atoms with Crippen LogP contribution in [0.2, 0.25) is 0 Å². The third-order valence-corrected chi connectivity index (χ3v) is 14.2. The van der Waals surface area contributed by atoms with Gasteiger partial charge >= 0.3 is 0 Å². The predicted octanol–water partition coefficient (Wildman–Crippen LogP) is 13.2. The summed E-state index contributed by atoms with van der Waals surface area (Å²) in [6, 6.07) is 61.4. The molecule has 0 spiro atoms. The van der Waals surface area contributed by atoms with Crippen LogP contribution in [0, 0.1) is 0 Å². The molecule has 2 nitrogen and oxygen atoms in total. The summed E-state index contributed by atoms with van der Waals surface area (Å²) in [4.78, 5) is 6.50. The Hall–Kier alpha value is -6.40. The number of para-hydroxylation sites is 1. The molecule has 0 atom stereocenters. The third-order valence-electron chi connectivity index (χ3n) is 11.9. The second-order valence-corrected chi connectivity index (χ2v) is 17.1. The van der Waals surface area contributed by atoms with Gasteiger partial charge in [0.2, 0.25) is 0 Å². The molecule has 13 rings (SSSR count). The molecule has 0 fully saturated rings. The Bertz CT molecular complexity index is 3610. The van der Waals surface area contributed by atoms with Gasteiger partial charge in [-0.2, -0.15) is 0 Å². The van der Waals surface area contributed by atoms with E-state index < -0.39 is 0 Å². The van der Waals surface area contributed by atoms with Crippen molar-refractivity contribution in [3.05, 3.63) is 164 Å². The van der Waals surface area contributed by atoms with Gasteiger partial charge in [0.15, 0.2) is 7.28 Å². The lowest BCUT2D eigenvalue weighted by molar-refractivity contribution is 1.31. The van der Waals surface area contributed by atoms with Crippen molar-refractivity contribution in [2.24, 2.45) is 0 Å². The van der Waals surface area contributed by atoms with Crippen molar-refractivity contribution in [3.8, 4) is 11.1 Å². The third kappa shape index (κ3) is 4.25. The van der Waals surface area contributed by atoms with Crippen LogP contribution in [0.1, 0.15) is 0 Å². The lowest BCUT2D eigenvalue weighted by atomic mass is 9.57. The Morgan fingerprint density at radius 2 is 1.09 bits per heavy atom. The van der Waals surface area contributed by atoms with Crippen LogP contribution in [-0.4, -0.2) is 12.3 Å². The van der Waals surface area contributed by atoms with Gasteiger partial charge in [0, 0.05) is 79.3 Å². The van der Waals surface area contributed by atoms with Crippen molar-refractivity contribution >= 4 is 142 Å². The molecular weight excluding hydrogens is 704 g/mol. The highest BCUT2D eigenvalue weighted by Gasteiger charge is 2.31. The van der Waals surface area contributed by atoms with Crippen LogP contribution in [0.5, 0.6) is 0 Å². The normalized spacial score (nSPS) is 12.8. The molecule has 0 radical (unpaired) electrons. The van der Waals surface area contributed by atoms with E-state index in [9.17, 15) is 0 Å². The van der Waals surface area contributed by atoms with Crippen LogP contribution in [0.4, 0.5) is 17.1 Å². The Kier molecular flexibility index (Phi) is 6.04. The molecule has 5 heteroatoms. The van der Waals surface area contributed by atoms with Crippen LogP contribution in [0.3, 0.4) is 0 Å². The Morgan fingerprint density at radius 3 is 1.91 bits per heavy atom. The average Bonchev–Trinajstić information content (AvgIpc) is 3.91. The molecule has 0 bridgehead atoms. The fourth-order valence-electron chi connectivity index (χ4n) is 9.49. The number of fused-ring (bicyclic) bond motifs is 13. The first kappa shape index (κ1) is 30.0. The summed E-state index contributed by atoms with van der Waals surface area (Å²) in [6.07, 6.45) is 0. The van der Waals surface area contributed by atoms with Crippen molar-refractivity contribution in [1.82, 2.24) is 4.98 Å². The molecule has 0 saturated carbocycles.